The summed E-state index contributed by atoms with van der Waals surface area (Å²) in [4.78, 5) is 8.16. The van der Waals surface area contributed by atoms with Gasteiger partial charge in [0.05, 0.1) is 0 Å². The van der Waals surface area contributed by atoms with Gasteiger partial charge in [0.15, 0.2) is 0 Å². The minimum Gasteiger partial charge on any atom is -0.298 e. The van der Waals surface area contributed by atoms with Crippen LogP contribution in [0.4, 0.5) is 0 Å². The van der Waals surface area contributed by atoms with Crippen LogP contribution in [0.2, 0.25) is 0 Å². The smallest absolute Gasteiger partial charge is 0.0201 e. The highest BCUT2D eigenvalue weighted by Crippen LogP contribution is 2.30. The Kier molecular flexibility index (Phi) is 5.31. The van der Waals surface area contributed by atoms with Crippen molar-refractivity contribution in [1.29, 1.82) is 0 Å². The van der Waals surface area contributed by atoms with Gasteiger partial charge < -0.3 is 0 Å². The van der Waals surface area contributed by atoms with Gasteiger partial charge in [-0.25, -0.2) is 0 Å². The summed E-state index contributed by atoms with van der Waals surface area (Å²) in [5.74, 6) is 0. The number of hydrogen-bond acceptors (Lipinski definition) is 3. The van der Waals surface area contributed by atoms with Crippen molar-refractivity contribution >= 4 is 0 Å². The maximum absolute atomic E-state index is 2.84. The second-order valence-corrected chi connectivity index (χ2v) is 9.61. The zero-order valence-corrected chi connectivity index (χ0v) is 16.3. The largest absolute Gasteiger partial charge is 0.298 e. The van der Waals surface area contributed by atoms with Crippen molar-refractivity contribution in [2.24, 2.45) is 0 Å². The molecule has 0 radical (unpaired) electrons. The van der Waals surface area contributed by atoms with Gasteiger partial charge in [-0.05, 0) is 68.2 Å². The SMILES string of the molecule is CC1CN(C(C)(C)C)CC(C)N1C1CCN(C(C)(C)C)CC1. The van der Waals surface area contributed by atoms with Crippen molar-refractivity contribution in [3.63, 3.8) is 0 Å². The summed E-state index contributed by atoms with van der Waals surface area (Å²) in [6.07, 6.45) is 2.67. The average Bonchev–Trinajstić information content (AvgIpc) is 2.36. The van der Waals surface area contributed by atoms with Crippen LogP contribution in [0, 0.1) is 0 Å². The predicted octanol–water partition coefficient (Wildman–Crippen LogP) is 3.44. The Hall–Kier alpha value is -0.120. The first-order valence-corrected chi connectivity index (χ1v) is 9.27. The van der Waals surface area contributed by atoms with E-state index in [0.29, 0.717) is 23.2 Å². The number of nitrogens with zero attached hydrogens (tertiary/aromatic N) is 3. The number of rotatable bonds is 1. The van der Waals surface area contributed by atoms with E-state index in [1.807, 2.05) is 0 Å². The molecule has 0 aromatic carbocycles. The molecule has 22 heavy (non-hydrogen) atoms. The van der Waals surface area contributed by atoms with E-state index in [1.165, 1.54) is 39.0 Å². The second kappa shape index (κ2) is 6.41. The lowest BCUT2D eigenvalue weighted by atomic mass is 9.92. The van der Waals surface area contributed by atoms with E-state index in [2.05, 4.69) is 70.1 Å². The van der Waals surface area contributed by atoms with Crippen molar-refractivity contribution in [2.45, 2.75) is 97.4 Å². The number of likely N-dealkylation sites (tertiary alicyclic amines) is 1. The summed E-state index contributed by atoms with van der Waals surface area (Å²) in [7, 11) is 0. The van der Waals surface area contributed by atoms with E-state index in [4.69, 9.17) is 0 Å². The second-order valence-electron chi connectivity index (χ2n) is 9.61. The fourth-order valence-corrected chi connectivity index (χ4v) is 4.44. The molecule has 0 bridgehead atoms. The van der Waals surface area contributed by atoms with E-state index >= 15 is 0 Å². The number of piperazine rings is 1. The molecular weight excluding hydrogens is 270 g/mol. The third kappa shape index (κ3) is 4.04. The van der Waals surface area contributed by atoms with Crippen molar-refractivity contribution in [2.75, 3.05) is 26.2 Å². The third-order valence-electron chi connectivity index (χ3n) is 5.77. The first-order chi connectivity index (χ1) is 10.00. The lowest BCUT2D eigenvalue weighted by Gasteiger charge is -2.53. The number of hydrogen-bond donors (Lipinski definition) is 0. The van der Waals surface area contributed by atoms with Crippen molar-refractivity contribution in [1.82, 2.24) is 14.7 Å². The van der Waals surface area contributed by atoms with Gasteiger partial charge in [-0.2, -0.15) is 0 Å². The molecule has 2 fully saturated rings. The van der Waals surface area contributed by atoms with Gasteiger partial charge in [0.25, 0.3) is 0 Å². The lowest BCUT2D eigenvalue weighted by Crippen LogP contribution is -2.64. The molecule has 3 nitrogen and oxygen atoms in total. The van der Waals surface area contributed by atoms with Crippen LogP contribution < -0.4 is 0 Å². The third-order valence-corrected chi connectivity index (χ3v) is 5.77. The summed E-state index contributed by atoms with van der Waals surface area (Å²) in [6, 6.07) is 2.13. The fraction of sp³-hybridized carbons (Fsp3) is 1.00. The number of piperidine rings is 1. The monoisotopic (exact) mass is 309 g/mol. The molecule has 0 amide bonds. The lowest BCUT2D eigenvalue weighted by molar-refractivity contribution is -0.0480. The molecule has 2 rings (SSSR count). The standard InChI is InChI=1S/C19H39N3/c1-15-13-21(19(6,7)8)14-16(2)22(15)17-9-11-20(12-10-17)18(3,4)5/h15-17H,9-14H2,1-8H3. The summed E-state index contributed by atoms with van der Waals surface area (Å²) in [6.45, 7) is 23.9. The summed E-state index contributed by atoms with van der Waals surface area (Å²) in [5.41, 5.74) is 0.622. The molecule has 0 aliphatic carbocycles. The molecule has 0 N–H and O–H groups in total. The molecular formula is C19H39N3. The zero-order valence-electron chi connectivity index (χ0n) is 16.3. The van der Waals surface area contributed by atoms with Crippen LogP contribution in [0.1, 0.15) is 68.2 Å². The van der Waals surface area contributed by atoms with Gasteiger partial charge in [0, 0.05) is 55.4 Å². The van der Waals surface area contributed by atoms with E-state index in [0.717, 1.165) is 6.04 Å². The molecule has 0 aromatic rings. The van der Waals surface area contributed by atoms with Gasteiger partial charge >= 0.3 is 0 Å². The molecule has 2 saturated heterocycles. The molecule has 2 aliphatic rings. The average molecular weight is 310 g/mol. The molecule has 3 heteroatoms. The summed E-state index contributed by atoms with van der Waals surface area (Å²) >= 11 is 0. The van der Waals surface area contributed by atoms with Crippen LogP contribution in [-0.2, 0) is 0 Å². The normalized spacial score (nSPS) is 31.6. The Balaban J connectivity index is 1.97. The Morgan fingerprint density at radius 1 is 0.682 bits per heavy atom. The highest BCUT2D eigenvalue weighted by molar-refractivity contribution is 4.95. The van der Waals surface area contributed by atoms with E-state index in [-0.39, 0.29) is 0 Å². The van der Waals surface area contributed by atoms with Crippen molar-refractivity contribution in [3.05, 3.63) is 0 Å². The van der Waals surface area contributed by atoms with Crippen molar-refractivity contribution < 1.29 is 0 Å². The van der Waals surface area contributed by atoms with Gasteiger partial charge in [-0.15, -0.1) is 0 Å². The van der Waals surface area contributed by atoms with Crippen LogP contribution in [0.25, 0.3) is 0 Å². The van der Waals surface area contributed by atoms with Crippen LogP contribution >= 0.6 is 0 Å². The van der Waals surface area contributed by atoms with Gasteiger partial charge in [0.1, 0.15) is 0 Å². The maximum Gasteiger partial charge on any atom is 0.0201 e. The van der Waals surface area contributed by atoms with Crippen LogP contribution in [-0.4, -0.2) is 70.1 Å². The van der Waals surface area contributed by atoms with Gasteiger partial charge in [0.2, 0.25) is 0 Å². The molecule has 2 unspecified atom stereocenters. The van der Waals surface area contributed by atoms with Crippen LogP contribution in [0.3, 0.4) is 0 Å². The van der Waals surface area contributed by atoms with E-state index in [1.54, 1.807) is 0 Å². The quantitative estimate of drug-likeness (QED) is 0.734. The summed E-state index contributed by atoms with van der Waals surface area (Å²) < 4.78 is 0. The highest BCUT2D eigenvalue weighted by atomic mass is 15.3. The van der Waals surface area contributed by atoms with Gasteiger partial charge in [-0.1, -0.05) is 0 Å². The molecule has 130 valence electrons. The van der Waals surface area contributed by atoms with Crippen LogP contribution in [0.15, 0.2) is 0 Å². The Labute approximate surface area is 139 Å². The van der Waals surface area contributed by atoms with E-state index < -0.39 is 0 Å². The maximum atomic E-state index is 2.84. The molecule has 2 heterocycles. The minimum absolute atomic E-state index is 0.296. The molecule has 0 spiro atoms. The molecule has 0 aromatic heterocycles. The fourth-order valence-electron chi connectivity index (χ4n) is 4.44. The summed E-state index contributed by atoms with van der Waals surface area (Å²) in [5, 5.41) is 0. The van der Waals surface area contributed by atoms with Crippen molar-refractivity contribution in [3.8, 4) is 0 Å². The molecule has 2 atom stereocenters. The van der Waals surface area contributed by atoms with Gasteiger partial charge in [-0.3, -0.25) is 14.7 Å². The van der Waals surface area contributed by atoms with E-state index in [9.17, 15) is 0 Å². The molecule has 0 saturated carbocycles. The molecule has 2 aliphatic heterocycles. The predicted molar refractivity (Wildman–Crippen MR) is 96.4 cm³/mol. The zero-order chi connectivity index (χ0) is 16.7. The first-order valence-electron chi connectivity index (χ1n) is 9.27. The van der Waals surface area contributed by atoms with Crippen LogP contribution in [0.5, 0.6) is 0 Å². The minimum atomic E-state index is 0.296. The Morgan fingerprint density at radius 2 is 1.09 bits per heavy atom. The topological polar surface area (TPSA) is 9.72 Å². The first kappa shape index (κ1) is 18.2. The Bertz CT molecular complexity index is 346. The Morgan fingerprint density at radius 3 is 1.45 bits per heavy atom. The highest BCUT2D eigenvalue weighted by Gasteiger charge is 2.39.